The highest BCUT2D eigenvalue weighted by Gasteiger charge is 2.16. The molecular formula is C30H27N3O3. The zero-order valence-corrected chi connectivity index (χ0v) is 20.3. The van der Waals surface area contributed by atoms with Crippen LogP contribution in [0, 0.1) is 13.8 Å². The lowest BCUT2D eigenvalue weighted by Gasteiger charge is -2.08. The van der Waals surface area contributed by atoms with E-state index in [2.05, 4.69) is 5.32 Å². The molecule has 2 aromatic heterocycles. The largest absolute Gasteiger partial charge is 0.485 e. The molecule has 0 spiro atoms. The molecule has 3 aromatic carbocycles. The summed E-state index contributed by atoms with van der Waals surface area (Å²) in [6.07, 6.45) is 1.95. The van der Waals surface area contributed by atoms with Crippen LogP contribution in [-0.2, 0) is 13.2 Å². The number of carbonyl (C=O) groups excluding carboxylic acids is 1. The van der Waals surface area contributed by atoms with Crippen LogP contribution in [0.25, 0.3) is 16.9 Å². The topological polar surface area (TPSA) is 69.3 Å². The summed E-state index contributed by atoms with van der Waals surface area (Å²) in [5, 5.41) is 7.76. The molecule has 1 N–H and O–H groups in total. The minimum absolute atomic E-state index is 0.242. The van der Waals surface area contributed by atoms with Crippen LogP contribution < -0.4 is 10.1 Å². The van der Waals surface area contributed by atoms with E-state index in [1.54, 1.807) is 12.1 Å². The molecule has 36 heavy (non-hydrogen) atoms. The Morgan fingerprint density at radius 3 is 2.47 bits per heavy atom. The summed E-state index contributed by atoms with van der Waals surface area (Å²) in [7, 11) is 0. The summed E-state index contributed by atoms with van der Waals surface area (Å²) in [5.41, 5.74) is 5.84. The first kappa shape index (κ1) is 23.2. The van der Waals surface area contributed by atoms with Crippen molar-refractivity contribution in [2.75, 3.05) is 0 Å². The second-order valence-electron chi connectivity index (χ2n) is 8.66. The third-order valence-corrected chi connectivity index (χ3v) is 5.90. The number of nitrogens with zero attached hydrogens (tertiary/aromatic N) is 2. The Morgan fingerprint density at radius 2 is 1.69 bits per heavy atom. The molecule has 0 atom stereocenters. The lowest BCUT2D eigenvalue weighted by atomic mass is 10.1. The van der Waals surface area contributed by atoms with Crippen molar-refractivity contribution < 1.29 is 13.9 Å². The van der Waals surface area contributed by atoms with Crippen LogP contribution in [0.3, 0.4) is 0 Å². The highest BCUT2D eigenvalue weighted by atomic mass is 16.5. The Balaban J connectivity index is 1.28. The van der Waals surface area contributed by atoms with Crippen LogP contribution in [0.1, 0.15) is 33.0 Å². The minimum atomic E-state index is -0.292. The Hall–Kier alpha value is -4.58. The minimum Gasteiger partial charge on any atom is -0.485 e. The van der Waals surface area contributed by atoms with Gasteiger partial charge in [0, 0.05) is 23.9 Å². The van der Waals surface area contributed by atoms with Crippen LogP contribution in [0.2, 0.25) is 0 Å². The Labute approximate surface area is 210 Å². The van der Waals surface area contributed by atoms with Crippen LogP contribution >= 0.6 is 0 Å². The lowest BCUT2D eigenvalue weighted by Crippen LogP contribution is -2.22. The van der Waals surface area contributed by atoms with E-state index in [-0.39, 0.29) is 18.3 Å². The maximum absolute atomic E-state index is 12.9. The molecule has 6 heteroatoms. The van der Waals surface area contributed by atoms with Crippen molar-refractivity contribution in [3.8, 4) is 22.7 Å². The van der Waals surface area contributed by atoms with Gasteiger partial charge < -0.3 is 14.5 Å². The normalized spacial score (nSPS) is 10.8. The van der Waals surface area contributed by atoms with Gasteiger partial charge in [0.05, 0.1) is 11.4 Å². The first-order chi connectivity index (χ1) is 17.6. The summed E-state index contributed by atoms with van der Waals surface area (Å²) < 4.78 is 13.5. The number of carbonyl (C=O) groups is 1. The summed E-state index contributed by atoms with van der Waals surface area (Å²) in [5.74, 6) is 1.34. The number of ether oxygens (including phenoxy) is 1. The van der Waals surface area contributed by atoms with Gasteiger partial charge in [-0.25, -0.2) is 4.68 Å². The van der Waals surface area contributed by atoms with Crippen molar-refractivity contribution in [3.05, 3.63) is 125 Å². The number of hydrogen-bond acceptors (Lipinski definition) is 4. The molecule has 0 radical (unpaired) electrons. The number of para-hydroxylation sites is 1. The number of furan rings is 1. The summed E-state index contributed by atoms with van der Waals surface area (Å²) >= 11 is 0. The molecule has 0 saturated carbocycles. The zero-order valence-electron chi connectivity index (χ0n) is 20.3. The van der Waals surface area contributed by atoms with E-state index in [9.17, 15) is 4.79 Å². The van der Waals surface area contributed by atoms with E-state index >= 15 is 0 Å². The molecule has 1 amide bonds. The Bertz CT molecular complexity index is 1470. The van der Waals surface area contributed by atoms with Gasteiger partial charge in [-0.3, -0.25) is 4.79 Å². The van der Waals surface area contributed by atoms with Crippen molar-refractivity contribution in [1.82, 2.24) is 15.1 Å². The van der Waals surface area contributed by atoms with Gasteiger partial charge in [0.15, 0.2) is 5.76 Å². The van der Waals surface area contributed by atoms with Crippen LogP contribution in [0.15, 0.2) is 102 Å². The number of benzene rings is 3. The fraction of sp³-hybridized carbons (Fsp3) is 0.133. The van der Waals surface area contributed by atoms with E-state index in [1.165, 1.54) is 0 Å². The van der Waals surface area contributed by atoms with Crippen LogP contribution in [0.5, 0.6) is 5.75 Å². The number of rotatable bonds is 8. The van der Waals surface area contributed by atoms with E-state index in [0.29, 0.717) is 12.3 Å². The predicted octanol–water partition coefficient (Wildman–Crippen LogP) is 6.26. The SMILES string of the molecule is Cc1ccc(C)c(OCc2ccc(C(=O)NCc3cn(-c4ccccc4)nc3-c3ccccc3)o2)c1. The fourth-order valence-electron chi connectivity index (χ4n) is 3.94. The number of aromatic nitrogens is 2. The van der Waals surface area contributed by atoms with Gasteiger partial charge in [0.25, 0.3) is 5.91 Å². The lowest BCUT2D eigenvalue weighted by molar-refractivity contribution is 0.0919. The number of hydrogen-bond donors (Lipinski definition) is 1. The molecule has 0 fully saturated rings. The second-order valence-corrected chi connectivity index (χ2v) is 8.66. The molecule has 0 aliphatic rings. The molecule has 0 bridgehead atoms. The molecule has 6 nitrogen and oxygen atoms in total. The molecule has 0 aliphatic carbocycles. The molecule has 180 valence electrons. The van der Waals surface area contributed by atoms with Gasteiger partial charge in [0.1, 0.15) is 18.1 Å². The molecule has 5 rings (SSSR count). The average molecular weight is 478 g/mol. The Morgan fingerprint density at radius 1 is 0.944 bits per heavy atom. The first-order valence-corrected chi connectivity index (χ1v) is 11.8. The Kier molecular flexibility index (Phi) is 6.67. The van der Waals surface area contributed by atoms with Crippen molar-refractivity contribution >= 4 is 5.91 Å². The maximum Gasteiger partial charge on any atom is 0.287 e. The second kappa shape index (κ2) is 10.4. The van der Waals surface area contributed by atoms with Gasteiger partial charge in [-0.05, 0) is 55.3 Å². The molecule has 0 unspecified atom stereocenters. The van der Waals surface area contributed by atoms with Gasteiger partial charge in [-0.15, -0.1) is 0 Å². The van der Waals surface area contributed by atoms with Gasteiger partial charge in [0.2, 0.25) is 0 Å². The van der Waals surface area contributed by atoms with Crippen molar-refractivity contribution in [2.45, 2.75) is 27.0 Å². The number of nitrogens with one attached hydrogen (secondary N) is 1. The molecule has 0 saturated heterocycles. The fourth-order valence-corrected chi connectivity index (χ4v) is 3.94. The summed E-state index contributed by atoms with van der Waals surface area (Å²) in [4.78, 5) is 12.9. The van der Waals surface area contributed by atoms with E-state index in [0.717, 1.165) is 39.4 Å². The number of amides is 1. The van der Waals surface area contributed by atoms with Gasteiger partial charge in [-0.1, -0.05) is 60.7 Å². The monoisotopic (exact) mass is 477 g/mol. The summed E-state index contributed by atoms with van der Waals surface area (Å²) in [6.45, 7) is 4.58. The standard InChI is InChI=1S/C30H27N3O3/c1-21-13-14-22(2)28(17-21)35-20-26-15-16-27(36-26)30(34)31-18-24-19-33(25-11-7-4-8-12-25)32-29(24)23-9-5-3-6-10-23/h3-17,19H,18,20H2,1-2H3,(H,31,34). The maximum atomic E-state index is 12.9. The van der Waals surface area contributed by atoms with E-state index in [1.807, 2.05) is 104 Å². The summed E-state index contributed by atoms with van der Waals surface area (Å²) in [6, 6.07) is 29.3. The quantitative estimate of drug-likeness (QED) is 0.286. The predicted molar refractivity (Wildman–Crippen MR) is 139 cm³/mol. The highest BCUT2D eigenvalue weighted by Crippen LogP contribution is 2.24. The van der Waals surface area contributed by atoms with Crippen LogP contribution in [0.4, 0.5) is 0 Å². The molecule has 5 aromatic rings. The van der Waals surface area contributed by atoms with E-state index in [4.69, 9.17) is 14.3 Å². The van der Waals surface area contributed by atoms with Crippen molar-refractivity contribution in [2.24, 2.45) is 0 Å². The highest BCUT2D eigenvalue weighted by molar-refractivity contribution is 5.91. The van der Waals surface area contributed by atoms with Crippen molar-refractivity contribution in [3.63, 3.8) is 0 Å². The van der Waals surface area contributed by atoms with E-state index < -0.39 is 0 Å². The molecule has 0 aliphatic heterocycles. The van der Waals surface area contributed by atoms with Crippen molar-refractivity contribution in [1.29, 1.82) is 0 Å². The zero-order chi connectivity index (χ0) is 24.9. The van der Waals surface area contributed by atoms with Gasteiger partial charge in [-0.2, -0.15) is 5.10 Å². The third-order valence-electron chi connectivity index (χ3n) is 5.90. The smallest absolute Gasteiger partial charge is 0.287 e. The number of aryl methyl sites for hydroxylation is 2. The first-order valence-electron chi connectivity index (χ1n) is 11.8. The average Bonchev–Trinajstić information content (AvgIpc) is 3.57. The molecule has 2 heterocycles. The third kappa shape index (κ3) is 5.23. The van der Waals surface area contributed by atoms with Gasteiger partial charge >= 0.3 is 0 Å². The van der Waals surface area contributed by atoms with Crippen LogP contribution in [-0.4, -0.2) is 15.7 Å². The molecular weight excluding hydrogens is 450 g/mol.